The molecular formula is C18H16N5O5S-. The number of carbonyl (C=O) groups is 2. The highest BCUT2D eigenvalue weighted by atomic mass is 32.2. The quantitative estimate of drug-likeness (QED) is 0.392. The summed E-state index contributed by atoms with van der Waals surface area (Å²) in [5, 5.41) is 32.7. The van der Waals surface area contributed by atoms with Gasteiger partial charge in [-0.2, -0.15) is 0 Å². The maximum absolute atomic E-state index is 12.0. The van der Waals surface area contributed by atoms with Gasteiger partial charge in [0.15, 0.2) is 0 Å². The lowest BCUT2D eigenvalue weighted by Gasteiger charge is -2.21. The van der Waals surface area contributed by atoms with Crippen LogP contribution in [0.4, 0.5) is 17.1 Å². The average molecular weight is 414 g/mol. The van der Waals surface area contributed by atoms with Gasteiger partial charge in [-0.25, -0.2) is 0 Å². The fourth-order valence-corrected chi connectivity index (χ4v) is 2.84. The molecule has 3 rings (SSSR count). The second-order valence-electron chi connectivity index (χ2n) is 5.79. The van der Waals surface area contributed by atoms with Crippen molar-refractivity contribution < 1.29 is 19.2 Å². The number of benzene rings is 2. The summed E-state index contributed by atoms with van der Waals surface area (Å²) in [6.07, 6.45) is 0. The number of thioether (sulfide) groups is 1. The van der Waals surface area contributed by atoms with E-state index >= 15 is 0 Å². The summed E-state index contributed by atoms with van der Waals surface area (Å²) >= 11 is 1.08. The number of anilines is 3. The van der Waals surface area contributed by atoms with Crippen molar-refractivity contribution in [2.24, 2.45) is 0 Å². The maximum atomic E-state index is 12.0. The Morgan fingerprint density at radius 2 is 1.69 bits per heavy atom. The largest absolute Gasteiger partial charge is 0.733 e. The van der Waals surface area contributed by atoms with E-state index in [1.807, 2.05) is 0 Å². The van der Waals surface area contributed by atoms with Crippen molar-refractivity contribution in [1.29, 1.82) is 0 Å². The van der Waals surface area contributed by atoms with Gasteiger partial charge >= 0.3 is 0 Å². The molecular weight excluding hydrogens is 398 g/mol. The van der Waals surface area contributed by atoms with Gasteiger partial charge in [0, 0.05) is 23.9 Å². The molecule has 2 amide bonds. The second-order valence-corrected chi connectivity index (χ2v) is 6.71. The molecule has 150 valence electrons. The predicted octanol–water partition coefficient (Wildman–Crippen LogP) is 3.12. The molecule has 11 heteroatoms. The highest BCUT2D eigenvalue weighted by molar-refractivity contribution is 7.99. The van der Waals surface area contributed by atoms with E-state index in [-0.39, 0.29) is 33.7 Å². The Bertz CT molecular complexity index is 989. The Hall–Kier alpha value is -3.41. The van der Waals surface area contributed by atoms with E-state index in [4.69, 9.17) is 9.62 Å². The average Bonchev–Trinajstić information content (AvgIpc) is 3.16. The molecule has 0 aliphatic heterocycles. The van der Waals surface area contributed by atoms with Crippen molar-refractivity contribution in [3.8, 4) is 11.5 Å². The Morgan fingerprint density at radius 1 is 1.07 bits per heavy atom. The molecule has 0 spiro atoms. The SMILES string of the molecule is CC(=O)Nc1ccc(-c2nnc(SCC(=O)Nc3ccc(N([O-])O)cc3)o2)cc1. The Morgan fingerprint density at radius 3 is 2.31 bits per heavy atom. The molecule has 10 nitrogen and oxygen atoms in total. The van der Waals surface area contributed by atoms with Crippen LogP contribution in [0.1, 0.15) is 6.92 Å². The van der Waals surface area contributed by atoms with Crippen molar-refractivity contribution in [2.75, 3.05) is 21.6 Å². The van der Waals surface area contributed by atoms with Crippen molar-refractivity contribution in [3.63, 3.8) is 0 Å². The topological polar surface area (TPSA) is 144 Å². The van der Waals surface area contributed by atoms with Crippen LogP contribution in [0.25, 0.3) is 11.5 Å². The van der Waals surface area contributed by atoms with Gasteiger partial charge in [0.05, 0.1) is 11.4 Å². The van der Waals surface area contributed by atoms with Crippen LogP contribution in [0, 0.1) is 5.21 Å². The van der Waals surface area contributed by atoms with E-state index in [1.165, 1.54) is 31.2 Å². The van der Waals surface area contributed by atoms with E-state index in [1.54, 1.807) is 24.3 Å². The minimum absolute atomic E-state index is 0.0402. The number of nitrogens with one attached hydrogen (secondary N) is 2. The fourth-order valence-electron chi connectivity index (χ4n) is 2.28. The van der Waals surface area contributed by atoms with Gasteiger partial charge in [0.1, 0.15) is 0 Å². The molecule has 0 saturated carbocycles. The zero-order valence-electron chi connectivity index (χ0n) is 15.2. The maximum Gasteiger partial charge on any atom is 0.277 e. The zero-order valence-corrected chi connectivity index (χ0v) is 16.0. The first-order valence-electron chi connectivity index (χ1n) is 8.31. The molecule has 0 saturated heterocycles. The van der Waals surface area contributed by atoms with Crippen LogP contribution < -0.4 is 15.9 Å². The molecule has 3 aromatic rings. The molecule has 2 aromatic carbocycles. The smallest absolute Gasteiger partial charge is 0.277 e. The summed E-state index contributed by atoms with van der Waals surface area (Å²) < 4.78 is 5.54. The number of hydrogen-bond donors (Lipinski definition) is 3. The number of aromatic nitrogens is 2. The van der Waals surface area contributed by atoms with E-state index < -0.39 is 0 Å². The Labute approximate surface area is 169 Å². The Kier molecular flexibility index (Phi) is 6.44. The van der Waals surface area contributed by atoms with Crippen LogP contribution in [-0.4, -0.2) is 33.0 Å². The van der Waals surface area contributed by atoms with Crippen molar-refractivity contribution >= 4 is 40.6 Å². The molecule has 0 atom stereocenters. The summed E-state index contributed by atoms with van der Waals surface area (Å²) in [5.41, 5.74) is 1.87. The molecule has 0 fully saturated rings. The number of hydrogen-bond acceptors (Lipinski definition) is 9. The van der Waals surface area contributed by atoms with Crippen LogP contribution in [-0.2, 0) is 9.59 Å². The third-order valence-electron chi connectivity index (χ3n) is 3.56. The van der Waals surface area contributed by atoms with Gasteiger partial charge < -0.3 is 25.5 Å². The molecule has 0 bridgehead atoms. The second kappa shape index (κ2) is 9.19. The summed E-state index contributed by atoms with van der Waals surface area (Å²) in [6.45, 7) is 1.43. The Balaban J connectivity index is 1.53. The first-order chi connectivity index (χ1) is 13.9. The minimum Gasteiger partial charge on any atom is -0.733 e. The van der Waals surface area contributed by atoms with Crippen LogP contribution >= 0.6 is 11.8 Å². The van der Waals surface area contributed by atoms with Gasteiger partial charge in [-0.15, -0.1) is 10.2 Å². The summed E-state index contributed by atoms with van der Waals surface area (Å²) in [7, 11) is 0. The van der Waals surface area contributed by atoms with Crippen molar-refractivity contribution in [3.05, 3.63) is 53.7 Å². The van der Waals surface area contributed by atoms with Gasteiger partial charge in [-0.05, 0) is 48.5 Å². The molecule has 0 aliphatic carbocycles. The highest BCUT2D eigenvalue weighted by Crippen LogP contribution is 2.24. The minimum atomic E-state index is -0.301. The highest BCUT2D eigenvalue weighted by Gasteiger charge is 2.12. The van der Waals surface area contributed by atoms with Crippen molar-refractivity contribution in [1.82, 2.24) is 10.2 Å². The third kappa shape index (κ3) is 5.78. The van der Waals surface area contributed by atoms with Gasteiger partial charge in [-0.3, -0.25) is 14.8 Å². The molecule has 0 radical (unpaired) electrons. The van der Waals surface area contributed by atoms with Crippen LogP contribution in [0.15, 0.2) is 58.2 Å². The summed E-state index contributed by atoms with van der Waals surface area (Å²) in [6, 6.07) is 12.6. The standard InChI is InChI=1S/C18H16N5O5S/c1-11(24)19-13-4-2-12(3-5-13)17-21-22-18(28-17)29-10-16(25)20-14-6-8-15(9-7-14)23(26)27/h2-9,26H,10H2,1H3,(H,19,24)(H,20,25)/q-1. The first-order valence-corrected chi connectivity index (χ1v) is 9.29. The lowest BCUT2D eigenvalue weighted by molar-refractivity contribution is -0.114. The van der Waals surface area contributed by atoms with E-state index in [0.717, 1.165) is 11.8 Å². The molecule has 1 aromatic heterocycles. The molecule has 0 aliphatic rings. The summed E-state index contributed by atoms with van der Waals surface area (Å²) in [5.74, 6) is -0.128. The zero-order chi connectivity index (χ0) is 20.8. The van der Waals surface area contributed by atoms with Crippen LogP contribution in [0.2, 0.25) is 0 Å². The van der Waals surface area contributed by atoms with E-state index in [0.29, 0.717) is 22.8 Å². The normalized spacial score (nSPS) is 10.4. The lowest BCUT2D eigenvalue weighted by atomic mass is 10.2. The monoisotopic (exact) mass is 414 g/mol. The van der Waals surface area contributed by atoms with Gasteiger partial charge in [0.2, 0.25) is 17.7 Å². The first kappa shape index (κ1) is 20.3. The molecule has 3 N–H and O–H groups in total. The van der Waals surface area contributed by atoms with Crippen molar-refractivity contribution in [2.45, 2.75) is 12.1 Å². The number of rotatable bonds is 7. The van der Waals surface area contributed by atoms with Gasteiger partial charge in [-0.1, -0.05) is 11.8 Å². The summed E-state index contributed by atoms with van der Waals surface area (Å²) in [4.78, 5) is 23.1. The van der Waals surface area contributed by atoms with Crippen LogP contribution in [0.3, 0.4) is 0 Å². The fraction of sp³-hybridized carbons (Fsp3) is 0.111. The lowest BCUT2D eigenvalue weighted by Crippen LogP contribution is -2.14. The number of nitrogens with zero attached hydrogens (tertiary/aromatic N) is 3. The van der Waals surface area contributed by atoms with Crippen LogP contribution in [0.5, 0.6) is 0 Å². The molecule has 0 unspecified atom stereocenters. The predicted molar refractivity (Wildman–Crippen MR) is 107 cm³/mol. The third-order valence-corrected chi connectivity index (χ3v) is 4.38. The number of carbonyl (C=O) groups excluding carboxylic acids is 2. The molecule has 1 heterocycles. The molecule has 29 heavy (non-hydrogen) atoms. The van der Waals surface area contributed by atoms with Gasteiger partial charge in [0.25, 0.3) is 5.22 Å². The van der Waals surface area contributed by atoms with E-state index in [2.05, 4.69) is 20.8 Å². The number of amides is 2. The van der Waals surface area contributed by atoms with E-state index in [9.17, 15) is 14.8 Å².